The van der Waals surface area contributed by atoms with Gasteiger partial charge in [-0.15, -0.1) is 0 Å². The average Bonchev–Trinajstić information content (AvgIpc) is 3.27. The van der Waals surface area contributed by atoms with Gasteiger partial charge in [0.05, 0.1) is 10.6 Å². The van der Waals surface area contributed by atoms with Crippen LogP contribution in [0.3, 0.4) is 0 Å². The van der Waals surface area contributed by atoms with Crippen LogP contribution in [0.25, 0.3) is 22.2 Å². The van der Waals surface area contributed by atoms with Crippen molar-refractivity contribution in [2.24, 2.45) is 0 Å². The van der Waals surface area contributed by atoms with Crippen molar-refractivity contribution in [2.45, 2.75) is 30.1 Å². The van der Waals surface area contributed by atoms with Gasteiger partial charge in [0.25, 0.3) is 0 Å². The number of hydrogen-bond acceptors (Lipinski definition) is 3. The molecule has 0 radical (unpaired) electrons. The molecule has 1 aromatic heterocycles. The summed E-state index contributed by atoms with van der Waals surface area (Å²) in [5.41, 5.74) is 2.26. The number of para-hydroxylation sites is 1. The fraction of sp³-hybridized carbons (Fsp3) is 0.364. The number of benzene rings is 2. The summed E-state index contributed by atoms with van der Waals surface area (Å²) in [5, 5.41) is 0.489. The van der Waals surface area contributed by atoms with Crippen LogP contribution in [0.4, 0.5) is 18.9 Å². The van der Waals surface area contributed by atoms with E-state index in [1.54, 1.807) is 36.4 Å². The molecule has 1 saturated heterocycles. The monoisotopic (exact) mass is 453 g/mol. The summed E-state index contributed by atoms with van der Waals surface area (Å²) in [4.78, 5) is 5.14. The zero-order valence-electron chi connectivity index (χ0n) is 17.3. The van der Waals surface area contributed by atoms with E-state index in [2.05, 4.69) is 4.98 Å². The molecule has 9 heteroatoms. The molecule has 1 N–H and O–H groups in total. The van der Waals surface area contributed by atoms with Crippen LogP contribution in [0.1, 0.15) is 20.7 Å². The van der Waals surface area contributed by atoms with Crippen LogP contribution in [-0.2, 0) is 10.0 Å². The highest BCUT2D eigenvalue weighted by Gasteiger charge is 2.43. The number of sulfonamides is 1. The minimum Gasteiger partial charge on any atom is -0.377 e. The van der Waals surface area contributed by atoms with Crippen LogP contribution in [0.5, 0.6) is 0 Å². The van der Waals surface area contributed by atoms with Gasteiger partial charge in [-0.3, -0.25) is 0 Å². The molecule has 0 bridgehead atoms. The van der Waals surface area contributed by atoms with Gasteiger partial charge in [-0.2, -0.15) is 4.31 Å². The Morgan fingerprint density at radius 3 is 2.26 bits per heavy atom. The highest BCUT2D eigenvalue weighted by atomic mass is 32.2. The Hall–Kier alpha value is -2.52. The number of rotatable bonds is 4. The van der Waals surface area contributed by atoms with Gasteiger partial charge in [-0.25, -0.2) is 21.6 Å². The first-order valence-electron chi connectivity index (χ1n) is 10.1. The van der Waals surface area contributed by atoms with Gasteiger partial charge in [0.2, 0.25) is 15.9 Å². The van der Waals surface area contributed by atoms with E-state index in [9.17, 15) is 17.2 Å². The summed E-state index contributed by atoms with van der Waals surface area (Å²) in [7, 11) is 0.161. The van der Waals surface area contributed by atoms with Gasteiger partial charge in [-0.1, -0.05) is 12.1 Å². The number of aromatic amines is 1. The maximum Gasteiger partial charge on any atom is 0.248 e. The van der Waals surface area contributed by atoms with E-state index in [0.717, 1.165) is 12.1 Å². The van der Waals surface area contributed by atoms with Gasteiger partial charge in [0, 0.05) is 63.6 Å². The minimum absolute atomic E-state index is 0. The molecule has 2 aliphatic rings. The Labute approximate surface area is 181 Å². The number of halogens is 3. The first-order valence-corrected chi connectivity index (χ1v) is 11.5. The molecule has 0 spiro atoms. The summed E-state index contributed by atoms with van der Waals surface area (Å²) < 4.78 is 64.2. The Morgan fingerprint density at radius 2 is 1.74 bits per heavy atom. The van der Waals surface area contributed by atoms with Crippen LogP contribution in [0.2, 0.25) is 0 Å². The standard InChI is InChI=1S/C19H20FN3O2S.C3H4F2.H2/c1-22(2)17-9-8-13(26(24,25)23-10-5-11-23)12-15(17)19-18(20)14-6-3-4-7-16(14)21-19;4-3(5)1-2-3;/h3-4,6-9,12,21H,5,10-11H2,1-2H3;1-2H2;1H. The van der Waals surface area contributed by atoms with Gasteiger partial charge in [0.1, 0.15) is 0 Å². The zero-order valence-corrected chi connectivity index (χ0v) is 18.1. The van der Waals surface area contributed by atoms with E-state index in [-0.39, 0.29) is 25.0 Å². The highest BCUT2D eigenvalue weighted by Crippen LogP contribution is 2.40. The fourth-order valence-corrected chi connectivity index (χ4v) is 4.87. The average molecular weight is 454 g/mol. The van der Waals surface area contributed by atoms with Crippen LogP contribution < -0.4 is 4.90 Å². The summed E-state index contributed by atoms with van der Waals surface area (Å²) >= 11 is 0. The van der Waals surface area contributed by atoms with Crippen LogP contribution in [-0.4, -0.2) is 50.8 Å². The van der Waals surface area contributed by atoms with E-state index in [1.807, 2.05) is 25.1 Å². The first kappa shape index (κ1) is 21.7. The van der Waals surface area contributed by atoms with Gasteiger partial charge in [0.15, 0.2) is 5.82 Å². The highest BCUT2D eigenvalue weighted by molar-refractivity contribution is 7.89. The third kappa shape index (κ3) is 4.29. The molecule has 0 atom stereocenters. The quantitative estimate of drug-likeness (QED) is 0.598. The normalized spacial score (nSPS) is 17.6. The summed E-state index contributed by atoms with van der Waals surface area (Å²) in [6.07, 6.45) is 1.11. The zero-order chi connectivity index (χ0) is 22.4. The molecule has 168 valence electrons. The lowest BCUT2D eigenvalue weighted by Gasteiger charge is -2.30. The molecule has 1 aliphatic carbocycles. The van der Waals surface area contributed by atoms with Crippen molar-refractivity contribution in [1.29, 1.82) is 0 Å². The molecule has 2 fully saturated rings. The second kappa shape index (κ2) is 7.87. The third-order valence-corrected chi connectivity index (χ3v) is 7.34. The van der Waals surface area contributed by atoms with E-state index in [4.69, 9.17) is 0 Å². The van der Waals surface area contributed by atoms with Crippen molar-refractivity contribution in [3.05, 3.63) is 48.3 Å². The molecule has 1 aliphatic heterocycles. The Kier molecular flexibility index (Phi) is 5.51. The number of H-pyrrole nitrogens is 1. The number of hydrogen-bond donors (Lipinski definition) is 1. The maximum atomic E-state index is 15.0. The predicted molar refractivity (Wildman–Crippen MR) is 118 cm³/mol. The van der Waals surface area contributed by atoms with Crippen molar-refractivity contribution < 1.29 is 23.0 Å². The molecule has 3 aromatic rings. The molecule has 0 amide bonds. The van der Waals surface area contributed by atoms with E-state index in [1.165, 1.54) is 4.31 Å². The molecule has 2 heterocycles. The SMILES string of the molecule is CN(C)c1ccc(S(=O)(=O)N2CCC2)cc1-c1[nH]c2ccccc2c1F.FC1(F)CC1.[HH]. The molecular formula is C22H26F3N3O2S. The van der Waals surface area contributed by atoms with Gasteiger partial charge >= 0.3 is 0 Å². The van der Waals surface area contributed by atoms with E-state index < -0.39 is 15.9 Å². The topological polar surface area (TPSA) is 56.4 Å². The summed E-state index contributed by atoms with van der Waals surface area (Å²) in [6, 6.07) is 12.0. The Morgan fingerprint density at radius 1 is 1.10 bits per heavy atom. The van der Waals surface area contributed by atoms with Crippen LogP contribution >= 0.6 is 0 Å². The lowest BCUT2D eigenvalue weighted by atomic mass is 10.1. The Bertz CT molecular complexity index is 1220. The number of aromatic nitrogens is 1. The third-order valence-electron chi connectivity index (χ3n) is 5.44. The molecule has 31 heavy (non-hydrogen) atoms. The van der Waals surface area contributed by atoms with Crippen LogP contribution in [0.15, 0.2) is 47.4 Å². The van der Waals surface area contributed by atoms with Gasteiger partial charge < -0.3 is 9.88 Å². The second-order valence-electron chi connectivity index (χ2n) is 8.05. The molecule has 1 saturated carbocycles. The van der Waals surface area contributed by atoms with Crippen molar-refractivity contribution in [3.8, 4) is 11.3 Å². The largest absolute Gasteiger partial charge is 0.377 e. The van der Waals surface area contributed by atoms with Gasteiger partial charge in [-0.05, 0) is 36.8 Å². The lowest BCUT2D eigenvalue weighted by Crippen LogP contribution is -2.41. The minimum atomic E-state index is -3.54. The smallest absolute Gasteiger partial charge is 0.248 e. The number of fused-ring (bicyclic) bond motifs is 1. The van der Waals surface area contributed by atoms with E-state index in [0.29, 0.717) is 35.2 Å². The van der Waals surface area contributed by atoms with E-state index >= 15 is 4.39 Å². The van der Waals surface area contributed by atoms with Crippen molar-refractivity contribution in [1.82, 2.24) is 9.29 Å². The lowest BCUT2D eigenvalue weighted by molar-refractivity contribution is 0.120. The summed E-state index contributed by atoms with van der Waals surface area (Å²) in [5.74, 6) is -2.62. The van der Waals surface area contributed by atoms with Crippen LogP contribution in [0, 0.1) is 5.82 Å². The van der Waals surface area contributed by atoms with Crippen molar-refractivity contribution in [3.63, 3.8) is 0 Å². The number of alkyl halides is 2. The maximum absolute atomic E-state index is 15.0. The molecular weight excluding hydrogens is 427 g/mol. The van der Waals surface area contributed by atoms with Crippen molar-refractivity contribution >= 4 is 26.6 Å². The number of nitrogens with zero attached hydrogens (tertiary/aromatic N) is 2. The Balaban J connectivity index is 0.000000427. The molecule has 5 nitrogen and oxygen atoms in total. The van der Waals surface area contributed by atoms with Crippen molar-refractivity contribution in [2.75, 3.05) is 32.1 Å². The number of anilines is 1. The molecule has 2 aromatic carbocycles. The molecule has 5 rings (SSSR count). The first-order chi connectivity index (χ1) is 14.6. The predicted octanol–water partition coefficient (Wildman–Crippen LogP) is 5.10. The second-order valence-corrected chi connectivity index (χ2v) is 9.98. The fourth-order valence-electron chi connectivity index (χ4n) is 3.33. The molecule has 0 unspecified atom stereocenters. The summed E-state index contributed by atoms with van der Waals surface area (Å²) in [6.45, 7) is 1.07. The number of nitrogens with one attached hydrogen (secondary N) is 1.